The zero-order valence-electron chi connectivity index (χ0n) is 22.9. The molecule has 38 heavy (non-hydrogen) atoms. The number of carbonyl (C=O) groups excluding carboxylic acids is 2. The molecule has 0 saturated carbocycles. The van der Waals surface area contributed by atoms with Crippen molar-refractivity contribution in [1.29, 1.82) is 0 Å². The van der Waals surface area contributed by atoms with Gasteiger partial charge in [0.2, 0.25) is 0 Å². The lowest BCUT2D eigenvalue weighted by Gasteiger charge is -2.32. The van der Waals surface area contributed by atoms with E-state index in [2.05, 4.69) is 27.3 Å². The molecule has 2 atom stereocenters. The first-order valence-electron chi connectivity index (χ1n) is 12.8. The van der Waals surface area contributed by atoms with E-state index in [1.807, 2.05) is 64.3 Å². The Hall–Kier alpha value is -4.14. The Bertz CT molecular complexity index is 1300. The molecule has 9 nitrogen and oxygen atoms in total. The fourth-order valence-corrected chi connectivity index (χ4v) is 4.21. The maximum absolute atomic E-state index is 13.2. The van der Waals surface area contributed by atoms with E-state index >= 15 is 0 Å². The minimum absolute atomic E-state index is 0.0562. The maximum Gasteiger partial charge on any atom is 0.322 e. The summed E-state index contributed by atoms with van der Waals surface area (Å²) in [6.45, 7) is 12.0. The zero-order chi connectivity index (χ0) is 28.1. The molecule has 0 radical (unpaired) electrons. The van der Waals surface area contributed by atoms with Gasteiger partial charge in [-0.2, -0.15) is 0 Å². The summed E-state index contributed by atoms with van der Waals surface area (Å²) in [5.41, 5.74) is 0.0421. The molecule has 2 heterocycles. The highest BCUT2D eigenvalue weighted by Crippen LogP contribution is 2.29. The number of hydrogen-bond acceptors (Lipinski definition) is 5. The van der Waals surface area contributed by atoms with Crippen molar-refractivity contribution in [3.05, 3.63) is 77.2 Å². The molecule has 204 valence electrons. The molecule has 0 bridgehead atoms. The lowest BCUT2D eigenvalue weighted by atomic mass is 9.80. The average molecular weight is 522 g/mol. The second kappa shape index (κ2) is 14.6. The van der Waals surface area contributed by atoms with Crippen LogP contribution in [0.5, 0.6) is 5.75 Å². The number of rotatable bonds is 12. The van der Waals surface area contributed by atoms with Crippen LogP contribution >= 0.6 is 0 Å². The molecule has 1 aromatic heterocycles. The van der Waals surface area contributed by atoms with Crippen LogP contribution in [0.3, 0.4) is 0 Å². The summed E-state index contributed by atoms with van der Waals surface area (Å²) in [6, 6.07) is 4.56. The molecule has 1 fully saturated rings. The quantitative estimate of drug-likeness (QED) is 0.163. The lowest BCUT2D eigenvalue weighted by Crippen LogP contribution is -2.56. The second-order valence-corrected chi connectivity index (χ2v) is 8.63. The molecule has 1 saturated heterocycles. The summed E-state index contributed by atoms with van der Waals surface area (Å²) in [4.78, 5) is 42.9. The maximum atomic E-state index is 13.2. The number of allylic oxidation sites excluding steroid dienone is 5. The summed E-state index contributed by atoms with van der Waals surface area (Å²) in [5.74, 6) is -0.315. The molecular formula is C29H39N5O4. The Labute approximate surface area is 224 Å². The number of amides is 3. The molecule has 0 aliphatic carbocycles. The topological polar surface area (TPSA) is 118 Å². The molecule has 1 aromatic carbocycles. The van der Waals surface area contributed by atoms with E-state index in [4.69, 9.17) is 4.74 Å². The van der Waals surface area contributed by atoms with Gasteiger partial charge in [0.1, 0.15) is 11.3 Å². The van der Waals surface area contributed by atoms with E-state index in [1.165, 1.54) is 11.8 Å². The SMILES string of the molecule is C=C/C=C\CN=CC/C(C)=C/CC(/C=C\C)[C@@]1(Cn2[nH]c3ccc(OC)cc3c2=O)NC(=O)NC1=O.CC. The number of aromatic amines is 1. The van der Waals surface area contributed by atoms with Crippen molar-refractivity contribution in [1.82, 2.24) is 20.4 Å². The van der Waals surface area contributed by atoms with Crippen LogP contribution in [0, 0.1) is 5.92 Å². The fourth-order valence-electron chi connectivity index (χ4n) is 4.21. The van der Waals surface area contributed by atoms with Crippen LogP contribution in [0.2, 0.25) is 0 Å². The number of nitrogens with zero attached hydrogens (tertiary/aromatic N) is 2. The summed E-state index contributed by atoms with van der Waals surface area (Å²) in [7, 11) is 1.53. The second-order valence-electron chi connectivity index (χ2n) is 8.63. The molecule has 1 aliphatic heterocycles. The molecule has 3 rings (SSSR count). The number of urea groups is 1. The predicted octanol–water partition coefficient (Wildman–Crippen LogP) is 4.67. The van der Waals surface area contributed by atoms with Crippen LogP contribution in [0.15, 0.2) is 76.6 Å². The number of imide groups is 1. The molecule has 3 amide bonds. The van der Waals surface area contributed by atoms with Crippen molar-refractivity contribution in [2.75, 3.05) is 13.7 Å². The first kappa shape index (κ1) is 30.1. The van der Waals surface area contributed by atoms with E-state index in [0.717, 1.165) is 5.57 Å². The Morgan fingerprint density at radius 3 is 2.66 bits per heavy atom. The summed E-state index contributed by atoms with van der Waals surface area (Å²) >= 11 is 0. The third-order valence-corrected chi connectivity index (χ3v) is 6.14. The number of nitrogens with one attached hydrogen (secondary N) is 3. The molecule has 3 N–H and O–H groups in total. The zero-order valence-corrected chi connectivity index (χ0v) is 22.9. The smallest absolute Gasteiger partial charge is 0.322 e. The molecule has 0 spiro atoms. The van der Waals surface area contributed by atoms with Crippen LogP contribution in [-0.4, -0.2) is 47.1 Å². The van der Waals surface area contributed by atoms with Gasteiger partial charge in [-0.3, -0.25) is 25.0 Å². The van der Waals surface area contributed by atoms with Crippen molar-refractivity contribution < 1.29 is 14.3 Å². The number of methoxy groups -OCH3 is 1. The van der Waals surface area contributed by atoms with Gasteiger partial charge in [-0.05, 0) is 38.5 Å². The standard InChI is InChI=1S/C27H33N5O4.C2H6/c1-5-7-8-15-28-16-14-19(3)10-11-20(9-6-2)27(25(34)29-26(35)30-27)18-32-24(33)22-17-21(36-4)12-13-23(22)31-32;1-2/h5-10,12-13,16-17,20,31H,1,11,14-15,18H2,2-4H3,(H2,29,30,34,35);1-2H3/b8-7-,9-6-,19-10+,28-16?;/t20?,27-;/m1./s1. The largest absolute Gasteiger partial charge is 0.497 e. The highest BCUT2D eigenvalue weighted by molar-refractivity contribution is 6.07. The third-order valence-electron chi connectivity index (χ3n) is 6.14. The van der Waals surface area contributed by atoms with Gasteiger partial charge in [0.15, 0.2) is 0 Å². The van der Waals surface area contributed by atoms with Crippen molar-refractivity contribution in [3.63, 3.8) is 0 Å². The lowest BCUT2D eigenvalue weighted by molar-refractivity contribution is -0.126. The van der Waals surface area contributed by atoms with Crippen LogP contribution in [0.4, 0.5) is 4.79 Å². The number of benzene rings is 1. The van der Waals surface area contributed by atoms with E-state index in [9.17, 15) is 14.4 Å². The van der Waals surface area contributed by atoms with Crippen LogP contribution in [-0.2, 0) is 11.3 Å². The number of ether oxygens (including phenoxy) is 1. The summed E-state index contributed by atoms with van der Waals surface area (Å²) < 4.78 is 6.60. The predicted molar refractivity (Wildman–Crippen MR) is 154 cm³/mol. The molecule has 1 unspecified atom stereocenters. The Balaban J connectivity index is 0.00000247. The van der Waals surface area contributed by atoms with Gasteiger partial charge in [-0.15, -0.1) is 0 Å². The average Bonchev–Trinajstić information content (AvgIpc) is 3.38. The van der Waals surface area contributed by atoms with Crippen molar-refractivity contribution in [3.8, 4) is 5.75 Å². The van der Waals surface area contributed by atoms with Gasteiger partial charge >= 0.3 is 6.03 Å². The normalized spacial score (nSPS) is 18.6. The van der Waals surface area contributed by atoms with Crippen LogP contribution in [0.25, 0.3) is 10.9 Å². The summed E-state index contributed by atoms with van der Waals surface area (Å²) in [5, 5.41) is 8.67. The van der Waals surface area contributed by atoms with E-state index in [1.54, 1.807) is 24.3 Å². The van der Waals surface area contributed by atoms with E-state index in [-0.39, 0.29) is 12.1 Å². The van der Waals surface area contributed by atoms with Crippen molar-refractivity contribution >= 4 is 29.1 Å². The number of hydrogen-bond donors (Lipinski definition) is 3. The van der Waals surface area contributed by atoms with Gasteiger partial charge in [0.05, 0.1) is 31.1 Å². The Morgan fingerprint density at radius 2 is 2.03 bits per heavy atom. The van der Waals surface area contributed by atoms with Crippen molar-refractivity contribution in [2.24, 2.45) is 10.9 Å². The third kappa shape index (κ3) is 7.21. The van der Waals surface area contributed by atoms with Gasteiger partial charge in [0, 0.05) is 18.6 Å². The molecule has 2 aromatic rings. The van der Waals surface area contributed by atoms with Crippen LogP contribution in [0.1, 0.15) is 40.5 Å². The number of fused-ring (bicyclic) bond motifs is 1. The number of aromatic nitrogens is 2. The number of carbonyl (C=O) groups is 2. The first-order valence-corrected chi connectivity index (χ1v) is 12.8. The monoisotopic (exact) mass is 521 g/mol. The van der Waals surface area contributed by atoms with E-state index in [0.29, 0.717) is 36.0 Å². The summed E-state index contributed by atoms with van der Waals surface area (Å²) in [6.07, 6.45) is 14.2. The Kier molecular flexibility index (Phi) is 11.5. The first-order chi connectivity index (χ1) is 18.3. The number of H-pyrrole nitrogens is 1. The van der Waals surface area contributed by atoms with Crippen molar-refractivity contribution in [2.45, 2.75) is 52.6 Å². The molecular weight excluding hydrogens is 482 g/mol. The van der Waals surface area contributed by atoms with Crippen LogP contribution < -0.4 is 20.9 Å². The molecule has 1 aliphatic rings. The highest BCUT2D eigenvalue weighted by Gasteiger charge is 2.51. The van der Waals surface area contributed by atoms with Gasteiger partial charge in [0.25, 0.3) is 11.5 Å². The van der Waals surface area contributed by atoms with Gasteiger partial charge in [-0.25, -0.2) is 9.48 Å². The van der Waals surface area contributed by atoms with Gasteiger partial charge < -0.3 is 10.1 Å². The molecule has 9 heteroatoms. The van der Waals surface area contributed by atoms with Gasteiger partial charge in [-0.1, -0.05) is 62.5 Å². The highest BCUT2D eigenvalue weighted by atomic mass is 16.5. The fraction of sp³-hybridized carbons (Fsp3) is 0.379. The Morgan fingerprint density at radius 1 is 1.26 bits per heavy atom. The number of aliphatic imine (C=N–C) groups is 1. The van der Waals surface area contributed by atoms with E-state index < -0.39 is 23.4 Å². The minimum Gasteiger partial charge on any atom is -0.497 e. The minimum atomic E-state index is -1.35.